The summed E-state index contributed by atoms with van der Waals surface area (Å²) in [7, 11) is 0. The molecule has 2 nitrogen and oxygen atoms in total. The highest BCUT2D eigenvalue weighted by Crippen LogP contribution is 2.41. The minimum Gasteiger partial charge on any atom is -0.387 e. The molecule has 0 amide bonds. The summed E-state index contributed by atoms with van der Waals surface area (Å²) in [6.45, 7) is 4.53. The minimum atomic E-state index is -0.396. The standard InChI is InChI=1S/C16H19NOS2/c1-10-11(2)20-15(9-19-10)16(18)13-5-6-14-12(8-13)4-3-7-17-14/h3-8,10-11,15-16,18H,9H2,1-2H3. The number of aromatic nitrogens is 1. The van der Waals surface area contributed by atoms with Gasteiger partial charge in [0.05, 0.1) is 11.6 Å². The van der Waals surface area contributed by atoms with E-state index in [-0.39, 0.29) is 5.25 Å². The van der Waals surface area contributed by atoms with Crippen LogP contribution in [0.4, 0.5) is 0 Å². The van der Waals surface area contributed by atoms with Crippen molar-refractivity contribution < 1.29 is 5.11 Å². The van der Waals surface area contributed by atoms with Gasteiger partial charge in [0.1, 0.15) is 0 Å². The van der Waals surface area contributed by atoms with Gasteiger partial charge in [0, 0.05) is 33.1 Å². The van der Waals surface area contributed by atoms with Gasteiger partial charge in [0.15, 0.2) is 0 Å². The number of fused-ring (bicyclic) bond motifs is 1. The van der Waals surface area contributed by atoms with Crippen molar-refractivity contribution in [3.8, 4) is 0 Å². The van der Waals surface area contributed by atoms with Gasteiger partial charge in [-0.05, 0) is 23.8 Å². The maximum absolute atomic E-state index is 10.7. The monoisotopic (exact) mass is 305 g/mol. The summed E-state index contributed by atoms with van der Waals surface area (Å²) >= 11 is 3.88. The molecular formula is C16H19NOS2. The molecule has 0 radical (unpaired) electrons. The fraction of sp³-hybridized carbons (Fsp3) is 0.438. The first kappa shape index (κ1) is 14.2. The van der Waals surface area contributed by atoms with Gasteiger partial charge >= 0.3 is 0 Å². The topological polar surface area (TPSA) is 33.1 Å². The highest BCUT2D eigenvalue weighted by Gasteiger charge is 2.31. The van der Waals surface area contributed by atoms with Gasteiger partial charge in [-0.3, -0.25) is 4.98 Å². The molecule has 0 spiro atoms. The average Bonchev–Trinajstić information content (AvgIpc) is 2.49. The number of thioether (sulfide) groups is 2. The van der Waals surface area contributed by atoms with E-state index in [1.165, 1.54) is 0 Å². The highest BCUT2D eigenvalue weighted by atomic mass is 32.2. The number of aliphatic hydroxyl groups is 1. The van der Waals surface area contributed by atoms with Gasteiger partial charge in [-0.2, -0.15) is 23.5 Å². The van der Waals surface area contributed by atoms with Crippen LogP contribution in [-0.2, 0) is 0 Å². The van der Waals surface area contributed by atoms with Crippen LogP contribution >= 0.6 is 23.5 Å². The predicted octanol–water partition coefficient (Wildman–Crippen LogP) is 3.89. The summed E-state index contributed by atoms with van der Waals surface area (Å²) < 4.78 is 0. The van der Waals surface area contributed by atoms with Crippen molar-refractivity contribution in [2.45, 2.75) is 35.7 Å². The molecule has 1 aliphatic heterocycles. The van der Waals surface area contributed by atoms with E-state index in [0.29, 0.717) is 10.5 Å². The SMILES string of the molecule is CC1SCC(C(O)c2ccc3ncccc3c2)SC1C. The van der Waals surface area contributed by atoms with Crippen molar-refractivity contribution in [2.75, 3.05) is 5.75 Å². The lowest BCUT2D eigenvalue weighted by Crippen LogP contribution is -2.30. The number of aliphatic hydroxyl groups excluding tert-OH is 1. The fourth-order valence-electron chi connectivity index (χ4n) is 2.47. The largest absolute Gasteiger partial charge is 0.387 e. The second-order valence-electron chi connectivity index (χ2n) is 5.32. The van der Waals surface area contributed by atoms with Crippen molar-refractivity contribution in [1.82, 2.24) is 4.98 Å². The molecule has 1 N–H and O–H groups in total. The zero-order valence-corrected chi connectivity index (χ0v) is 13.3. The van der Waals surface area contributed by atoms with Gasteiger partial charge in [-0.1, -0.05) is 26.0 Å². The van der Waals surface area contributed by atoms with E-state index >= 15 is 0 Å². The number of nitrogens with zero attached hydrogens (tertiary/aromatic N) is 1. The van der Waals surface area contributed by atoms with Gasteiger partial charge in [0.2, 0.25) is 0 Å². The molecule has 2 aromatic rings. The van der Waals surface area contributed by atoms with E-state index in [1.54, 1.807) is 6.20 Å². The molecule has 1 aliphatic rings. The first-order valence-corrected chi connectivity index (χ1v) is 8.94. The van der Waals surface area contributed by atoms with Crippen LogP contribution in [0.2, 0.25) is 0 Å². The summed E-state index contributed by atoms with van der Waals surface area (Å²) in [6.07, 6.45) is 1.40. The van der Waals surface area contributed by atoms with Gasteiger partial charge in [0.25, 0.3) is 0 Å². The smallest absolute Gasteiger partial charge is 0.0916 e. The second kappa shape index (κ2) is 5.96. The Morgan fingerprint density at radius 3 is 2.90 bits per heavy atom. The lowest BCUT2D eigenvalue weighted by molar-refractivity contribution is 0.180. The summed E-state index contributed by atoms with van der Waals surface area (Å²) in [5, 5.41) is 13.3. The van der Waals surface area contributed by atoms with Crippen LogP contribution in [0.5, 0.6) is 0 Å². The van der Waals surface area contributed by atoms with Crippen LogP contribution in [-0.4, -0.2) is 31.6 Å². The lowest BCUT2D eigenvalue weighted by Gasteiger charge is -2.34. The van der Waals surface area contributed by atoms with E-state index in [4.69, 9.17) is 0 Å². The number of hydrogen-bond donors (Lipinski definition) is 1. The van der Waals surface area contributed by atoms with Crippen LogP contribution in [0.25, 0.3) is 10.9 Å². The van der Waals surface area contributed by atoms with E-state index in [1.807, 2.05) is 47.8 Å². The van der Waals surface area contributed by atoms with E-state index < -0.39 is 6.10 Å². The highest BCUT2D eigenvalue weighted by molar-refractivity contribution is 8.07. The number of rotatable bonds is 2. The lowest BCUT2D eigenvalue weighted by atomic mass is 10.0. The molecule has 106 valence electrons. The zero-order valence-electron chi connectivity index (χ0n) is 11.7. The third kappa shape index (κ3) is 2.83. The Labute approximate surface area is 128 Å². The first-order valence-electron chi connectivity index (χ1n) is 6.95. The second-order valence-corrected chi connectivity index (χ2v) is 8.35. The fourth-order valence-corrected chi connectivity index (χ4v) is 5.47. The number of pyridine rings is 1. The van der Waals surface area contributed by atoms with Crippen molar-refractivity contribution in [3.63, 3.8) is 0 Å². The molecule has 0 aliphatic carbocycles. The van der Waals surface area contributed by atoms with Crippen LogP contribution in [0.1, 0.15) is 25.5 Å². The Bertz CT molecular complexity index is 604. The summed E-state index contributed by atoms with van der Waals surface area (Å²) in [5.41, 5.74) is 1.99. The van der Waals surface area contributed by atoms with Crippen molar-refractivity contribution in [3.05, 3.63) is 42.1 Å². The van der Waals surface area contributed by atoms with Crippen LogP contribution in [0.15, 0.2) is 36.5 Å². The van der Waals surface area contributed by atoms with E-state index in [0.717, 1.165) is 22.2 Å². The molecule has 4 unspecified atom stereocenters. The Morgan fingerprint density at radius 2 is 2.10 bits per heavy atom. The molecule has 0 saturated carbocycles. The molecular weight excluding hydrogens is 286 g/mol. The molecule has 0 bridgehead atoms. The molecule has 1 fully saturated rings. The van der Waals surface area contributed by atoms with E-state index in [9.17, 15) is 5.11 Å². The predicted molar refractivity (Wildman–Crippen MR) is 89.5 cm³/mol. The third-order valence-electron chi connectivity index (χ3n) is 3.89. The minimum absolute atomic E-state index is 0.278. The average molecular weight is 305 g/mol. The van der Waals surface area contributed by atoms with Crippen molar-refractivity contribution in [1.29, 1.82) is 0 Å². The maximum atomic E-state index is 10.7. The van der Waals surface area contributed by atoms with Gasteiger partial charge in [-0.15, -0.1) is 0 Å². The quantitative estimate of drug-likeness (QED) is 0.912. The number of benzene rings is 1. The Morgan fingerprint density at radius 1 is 1.25 bits per heavy atom. The van der Waals surface area contributed by atoms with Crippen LogP contribution in [0, 0.1) is 0 Å². The Hall–Kier alpha value is -0.710. The van der Waals surface area contributed by atoms with Gasteiger partial charge in [-0.25, -0.2) is 0 Å². The number of hydrogen-bond acceptors (Lipinski definition) is 4. The molecule has 2 heterocycles. The van der Waals surface area contributed by atoms with E-state index in [2.05, 4.69) is 24.9 Å². The maximum Gasteiger partial charge on any atom is 0.0916 e. The molecule has 1 aromatic carbocycles. The van der Waals surface area contributed by atoms with Crippen molar-refractivity contribution >= 4 is 34.4 Å². The van der Waals surface area contributed by atoms with Gasteiger partial charge < -0.3 is 5.11 Å². The van der Waals surface area contributed by atoms with Crippen molar-refractivity contribution in [2.24, 2.45) is 0 Å². The molecule has 20 heavy (non-hydrogen) atoms. The molecule has 3 rings (SSSR count). The normalized spacial score (nSPS) is 28.4. The zero-order chi connectivity index (χ0) is 14.1. The first-order chi connectivity index (χ1) is 9.65. The summed E-state index contributed by atoms with van der Waals surface area (Å²) in [4.78, 5) is 4.33. The van der Waals surface area contributed by atoms with Crippen LogP contribution in [0.3, 0.4) is 0 Å². The Balaban J connectivity index is 1.83. The summed E-state index contributed by atoms with van der Waals surface area (Å²) in [6, 6.07) is 10.1. The molecule has 1 saturated heterocycles. The molecule has 4 atom stereocenters. The van der Waals surface area contributed by atoms with Crippen LogP contribution < -0.4 is 0 Å². The third-order valence-corrected chi connectivity index (χ3v) is 7.38. The molecule has 4 heteroatoms. The Kier molecular flexibility index (Phi) is 4.24. The summed E-state index contributed by atoms with van der Waals surface area (Å²) in [5.74, 6) is 1.02. The molecule has 1 aromatic heterocycles.